The van der Waals surface area contributed by atoms with Crippen molar-refractivity contribution < 1.29 is 4.74 Å². The van der Waals surface area contributed by atoms with Gasteiger partial charge in [0.15, 0.2) is 0 Å². The third-order valence-electron chi connectivity index (χ3n) is 5.21. The molecule has 1 aromatic carbocycles. The molecule has 2 aliphatic rings. The van der Waals surface area contributed by atoms with Gasteiger partial charge in [-0.1, -0.05) is 29.7 Å². The lowest BCUT2D eigenvalue weighted by atomic mass is 9.85. The topological polar surface area (TPSA) is 68.1 Å². The van der Waals surface area contributed by atoms with E-state index >= 15 is 0 Å². The van der Waals surface area contributed by atoms with Crippen LogP contribution in [0.2, 0.25) is 0 Å². The Morgan fingerprint density at radius 1 is 1.12 bits per heavy atom. The van der Waals surface area contributed by atoms with Crippen molar-refractivity contribution in [1.29, 1.82) is 0 Å². The lowest BCUT2D eigenvalue weighted by molar-refractivity contribution is 0.0274. The van der Waals surface area contributed by atoms with Gasteiger partial charge in [-0.05, 0) is 47.7 Å². The molecule has 2 heterocycles. The average molecular weight is 342 g/mol. The number of ether oxygens (including phenoxy) is 1. The first-order valence-electron chi connectivity index (χ1n) is 9.29. The van der Waals surface area contributed by atoms with E-state index in [-0.39, 0.29) is 0 Å². The third-order valence-corrected chi connectivity index (χ3v) is 5.21. The van der Waals surface area contributed by atoms with Crippen LogP contribution in [0.1, 0.15) is 25.7 Å². The smallest absolute Gasteiger partial charge is 0.247 e. The van der Waals surface area contributed by atoms with Crippen LogP contribution in [0.3, 0.4) is 0 Å². The first kappa shape index (κ1) is 16.5. The normalized spacial score (nSPS) is 25.0. The van der Waals surface area contributed by atoms with Gasteiger partial charge in [0, 0.05) is 25.7 Å². The van der Waals surface area contributed by atoms with E-state index in [9.17, 15) is 0 Å². The van der Waals surface area contributed by atoms with Crippen molar-refractivity contribution in [2.45, 2.75) is 31.7 Å². The van der Waals surface area contributed by atoms with E-state index in [1.54, 1.807) is 4.68 Å². The highest BCUT2D eigenvalue weighted by atomic mass is 16.5. The SMILES string of the molecule is c1ccc(-n2nnnc2N[C@H]2CCC[C@@H](CN3CCOCC3)C2)cc1. The number of benzene rings is 1. The van der Waals surface area contributed by atoms with Gasteiger partial charge in [-0.2, -0.15) is 4.68 Å². The molecular weight excluding hydrogens is 316 g/mol. The monoisotopic (exact) mass is 342 g/mol. The molecule has 0 spiro atoms. The maximum absolute atomic E-state index is 5.46. The third kappa shape index (κ3) is 4.16. The molecule has 1 aliphatic carbocycles. The van der Waals surface area contributed by atoms with Gasteiger partial charge in [0.25, 0.3) is 0 Å². The fourth-order valence-electron chi connectivity index (χ4n) is 3.94. The molecule has 25 heavy (non-hydrogen) atoms. The zero-order valence-electron chi connectivity index (χ0n) is 14.5. The molecule has 1 saturated carbocycles. The molecule has 134 valence electrons. The predicted octanol–water partition coefficient (Wildman–Crippen LogP) is 1.97. The summed E-state index contributed by atoms with van der Waals surface area (Å²) in [5.41, 5.74) is 0.982. The Labute approximate surface area is 148 Å². The molecule has 1 saturated heterocycles. The van der Waals surface area contributed by atoms with Crippen molar-refractivity contribution >= 4 is 5.95 Å². The summed E-state index contributed by atoms with van der Waals surface area (Å²) in [6, 6.07) is 10.5. The van der Waals surface area contributed by atoms with Gasteiger partial charge in [-0.25, -0.2) is 0 Å². The molecule has 0 amide bonds. The number of para-hydroxylation sites is 1. The van der Waals surface area contributed by atoms with Gasteiger partial charge in [0.2, 0.25) is 5.95 Å². The molecule has 1 aromatic heterocycles. The van der Waals surface area contributed by atoms with E-state index in [2.05, 4.69) is 25.7 Å². The first-order chi connectivity index (χ1) is 12.4. The van der Waals surface area contributed by atoms with E-state index < -0.39 is 0 Å². The van der Waals surface area contributed by atoms with Gasteiger partial charge in [0.1, 0.15) is 0 Å². The molecule has 0 bridgehead atoms. The van der Waals surface area contributed by atoms with Crippen LogP contribution in [0.4, 0.5) is 5.95 Å². The van der Waals surface area contributed by atoms with Crippen molar-refractivity contribution in [3.8, 4) is 5.69 Å². The van der Waals surface area contributed by atoms with Crippen LogP contribution in [-0.2, 0) is 4.74 Å². The van der Waals surface area contributed by atoms with Gasteiger partial charge in [0.05, 0.1) is 18.9 Å². The van der Waals surface area contributed by atoms with Crippen LogP contribution < -0.4 is 5.32 Å². The minimum Gasteiger partial charge on any atom is -0.379 e. The summed E-state index contributed by atoms with van der Waals surface area (Å²) in [6.07, 6.45) is 4.94. The quantitative estimate of drug-likeness (QED) is 0.896. The summed E-state index contributed by atoms with van der Waals surface area (Å²) in [4.78, 5) is 2.55. The number of nitrogens with zero attached hydrogens (tertiary/aromatic N) is 5. The number of tetrazole rings is 1. The summed E-state index contributed by atoms with van der Waals surface area (Å²) in [5.74, 6) is 1.48. The Balaban J connectivity index is 1.37. The molecule has 0 radical (unpaired) electrons. The number of hydrogen-bond acceptors (Lipinski definition) is 6. The van der Waals surface area contributed by atoms with E-state index in [1.807, 2.05) is 30.3 Å². The molecule has 1 aliphatic heterocycles. The number of morpholine rings is 1. The second-order valence-corrected chi connectivity index (χ2v) is 7.04. The molecule has 2 aromatic rings. The lowest BCUT2D eigenvalue weighted by Gasteiger charge is -2.35. The van der Waals surface area contributed by atoms with E-state index in [4.69, 9.17) is 4.74 Å². The van der Waals surface area contributed by atoms with Crippen LogP contribution in [0.25, 0.3) is 5.69 Å². The van der Waals surface area contributed by atoms with Crippen molar-refractivity contribution in [2.75, 3.05) is 38.2 Å². The second kappa shape index (κ2) is 7.93. The second-order valence-electron chi connectivity index (χ2n) is 7.04. The largest absolute Gasteiger partial charge is 0.379 e. The summed E-state index contributed by atoms with van der Waals surface area (Å²) >= 11 is 0. The molecule has 1 N–H and O–H groups in total. The van der Waals surface area contributed by atoms with E-state index in [0.717, 1.165) is 43.9 Å². The maximum atomic E-state index is 5.46. The van der Waals surface area contributed by atoms with Crippen LogP contribution in [0, 0.1) is 5.92 Å². The van der Waals surface area contributed by atoms with Crippen LogP contribution in [-0.4, -0.2) is 64.0 Å². The number of aromatic nitrogens is 4. The fraction of sp³-hybridized carbons (Fsp3) is 0.611. The first-order valence-corrected chi connectivity index (χ1v) is 9.29. The van der Waals surface area contributed by atoms with Gasteiger partial charge < -0.3 is 10.1 Å². The molecule has 2 fully saturated rings. The summed E-state index contributed by atoms with van der Waals surface area (Å²) in [5, 5.41) is 15.8. The molecule has 7 heteroatoms. The Bertz CT molecular complexity index is 655. The predicted molar refractivity (Wildman–Crippen MR) is 95.8 cm³/mol. The number of nitrogens with one attached hydrogen (secondary N) is 1. The lowest BCUT2D eigenvalue weighted by Crippen LogP contribution is -2.41. The molecule has 0 unspecified atom stereocenters. The van der Waals surface area contributed by atoms with Crippen molar-refractivity contribution in [1.82, 2.24) is 25.1 Å². The highest BCUT2D eigenvalue weighted by Crippen LogP contribution is 2.27. The van der Waals surface area contributed by atoms with Crippen molar-refractivity contribution in [3.05, 3.63) is 30.3 Å². The van der Waals surface area contributed by atoms with E-state index in [1.165, 1.54) is 32.2 Å². The number of anilines is 1. The fourth-order valence-corrected chi connectivity index (χ4v) is 3.94. The molecule has 2 atom stereocenters. The van der Waals surface area contributed by atoms with Crippen molar-refractivity contribution in [2.24, 2.45) is 5.92 Å². The zero-order chi connectivity index (χ0) is 16.9. The molecule has 7 nitrogen and oxygen atoms in total. The molecular formula is C18H26N6O. The Hall–Kier alpha value is -1.99. The zero-order valence-corrected chi connectivity index (χ0v) is 14.5. The minimum absolute atomic E-state index is 0.438. The Morgan fingerprint density at radius 2 is 1.96 bits per heavy atom. The van der Waals surface area contributed by atoms with Gasteiger partial charge in [-0.3, -0.25) is 4.90 Å². The van der Waals surface area contributed by atoms with Crippen LogP contribution >= 0.6 is 0 Å². The summed E-state index contributed by atoms with van der Waals surface area (Å²) in [7, 11) is 0. The number of hydrogen-bond donors (Lipinski definition) is 1. The maximum Gasteiger partial charge on any atom is 0.247 e. The van der Waals surface area contributed by atoms with Crippen LogP contribution in [0.15, 0.2) is 30.3 Å². The Kier molecular flexibility index (Phi) is 5.22. The van der Waals surface area contributed by atoms with Gasteiger partial charge >= 0.3 is 0 Å². The molecule has 4 rings (SSSR count). The minimum atomic E-state index is 0.438. The summed E-state index contributed by atoms with van der Waals surface area (Å²) < 4.78 is 7.24. The number of rotatable bonds is 5. The van der Waals surface area contributed by atoms with Gasteiger partial charge in [-0.15, -0.1) is 0 Å². The van der Waals surface area contributed by atoms with Crippen molar-refractivity contribution in [3.63, 3.8) is 0 Å². The average Bonchev–Trinajstić information content (AvgIpc) is 3.12. The summed E-state index contributed by atoms with van der Waals surface area (Å²) in [6.45, 7) is 5.08. The highest BCUT2D eigenvalue weighted by molar-refractivity contribution is 5.38. The van der Waals surface area contributed by atoms with Crippen LogP contribution in [0.5, 0.6) is 0 Å². The Morgan fingerprint density at radius 3 is 2.80 bits per heavy atom. The van der Waals surface area contributed by atoms with E-state index in [0.29, 0.717) is 6.04 Å². The highest BCUT2D eigenvalue weighted by Gasteiger charge is 2.25. The standard InChI is InChI=1S/C18H26N6O/c1-2-7-17(8-3-1)24-18(20-21-22-24)19-16-6-4-5-15(13-16)14-23-9-11-25-12-10-23/h1-3,7-8,15-16H,4-6,9-14H2,(H,19,20,22)/t15-,16+/m1/s1.